The van der Waals surface area contributed by atoms with Crippen LogP contribution in [0.3, 0.4) is 0 Å². The van der Waals surface area contributed by atoms with Crippen LogP contribution in [0.1, 0.15) is 18.9 Å². The first kappa shape index (κ1) is 21.1. The molecule has 5 aromatic rings. The van der Waals surface area contributed by atoms with Gasteiger partial charge in [0.2, 0.25) is 5.88 Å². The number of aromatic amines is 1. The summed E-state index contributed by atoms with van der Waals surface area (Å²) < 4.78 is 7.35. The molecule has 1 unspecified atom stereocenters. The van der Waals surface area contributed by atoms with Gasteiger partial charge >= 0.3 is 6.09 Å². The molecule has 4 aromatic heterocycles. The van der Waals surface area contributed by atoms with Gasteiger partial charge in [-0.25, -0.2) is 24.7 Å². The van der Waals surface area contributed by atoms with E-state index in [1.165, 1.54) is 4.90 Å². The highest BCUT2D eigenvalue weighted by atomic mass is 16.5. The molecule has 2 N–H and O–H groups in total. The number of nitrogens with one attached hydrogen (secondary N) is 1. The molecule has 10 heteroatoms. The third-order valence-electron chi connectivity index (χ3n) is 6.57. The van der Waals surface area contributed by atoms with Crippen LogP contribution in [0.4, 0.5) is 4.79 Å². The van der Waals surface area contributed by atoms with E-state index >= 15 is 0 Å². The molecular weight excluding hydrogens is 446 g/mol. The smallest absolute Gasteiger partial charge is 0.407 e. The molecular formula is C25H23N7O3. The van der Waals surface area contributed by atoms with E-state index in [0.717, 1.165) is 51.8 Å². The summed E-state index contributed by atoms with van der Waals surface area (Å²) in [6.07, 6.45) is 8.01. The van der Waals surface area contributed by atoms with Crippen molar-refractivity contribution in [2.45, 2.75) is 18.9 Å². The normalized spacial score (nSPS) is 16.1. The maximum absolute atomic E-state index is 11.5. The van der Waals surface area contributed by atoms with Crippen molar-refractivity contribution >= 4 is 28.3 Å². The fourth-order valence-electron chi connectivity index (χ4n) is 4.77. The summed E-state index contributed by atoms with van der Waals surface area (Å²) in [5.41, 5.74) is 6.80. The number of hydrogen-bond acceptors (Lipinski definition) is 6. The second kappa shape index (κ2) is 8.39. The number of H-pyrrole nitrogens is 1. The van der Waals surface area contributed by atoms with Gasteiger partial charge in [0.1, 0.15) is 5.52 Å². The van der Waals surface area contributed by atoms with Crippen molar-refractivity contribution in [3.63, 3.8) is 0 Å². The van der Waals surface area contributed by atoms with Gasteiger partial charge < -0.3 is 24.3 Å². The van der Waals surface area contributed by atoms with E-state index in [0.29, 0.717) is 24.6 Å². The lowest BCUT2D eigenvalue weighted by Gasteiger charge is -2.31. The summed E-state index contributed by atoms with van der Waals surface area (Å²) in [6, 6.07) is 9.86. The van der Waals surface area contributed by atoms with Crippen molar-refractivity contribution in [1.29, 1.82) is 0 Å². The largest absolute Gasteiger partial charge is 0.481 e. The third-order valence-corrected chi connectivity index (χ3v) is 6.57. The number of fused-ring (bicyclic) bond motifs is 2. The lowest BCUT2D eigenvalue weighted by atomic mass is 10.0. The summed E-state index contributed by atoms with van der Waals surface area (Å²) in [7, 11) is 1.58. The SMILES string of the molecule is COc1cc(-c2cnc3[nH]cc(-c4ccc5ncn(C6CCCN(C(=O)O)C6)c5c4)c3n2)ccn1. The zero-order chi connectivity index (χ0) is 23.9. The standard InChI is InChI=1S/C25H23N7O3/c1-35-22-10-16(6-7-26-22)20-12-28-24-23(30-20)18(11-27-24)15-4-5-19-21(9-15)32(14-29-19)17-3-2-8-31(13-17)25(33)34/h4-7,9-12,14,17H,2-3,8,13H2,1H3,(H,27,28)(H,33,34). The van der Waals surface area contributed by atoms with Gasteiger partial charge in [-0.15, -0.1) is 0 Å². The maximum Gasteiger partial charge on any atom is 0.407 e. The van der Waals surface area contributed by atoms with Gasteiger partial charge in [-0.2, -0.15) is 0 Å². The predicted molar refractivity (Wildman–Crippen MR) is 130 cm³/mol. The third kappa shape index (κ3) is 3.72. The van der Waals surface area contributed by atoms with Crippen LogP contribution in [0, 0.1) is 0 Å². The number of aromatic nitrogens is 6. The van der Waals surface area contributed by atoms with E-state index < -0.39 is 6.09 Å². The van der Waals surface area contributed by atoms with Crippen LogP contribution in [-0.4, -0.2) is 65.8 Å². The number of pyridine rings is 1. The molecule has 1 aliphatic heterocycles. The summed E-state index contributed by atoms with van der Waals surface area (Å²) in [5.74, 6) is 0.515. The number of methoxy groups -OCH3 is 1. The number of hydrogen-bond donors (Lipinski definition) is 2. The summed E-state index contributed by atoms with van der Waals surface area (Å²) in [6.45, 7) is 1.03. The number of piperidine rings is 1. The number of carboxylic acid groups (broad SMARTS) is 1. The maximum atomic E-state index is 11.5. The van der Waals surface area contributed by atoms with Crippen molar-refractivity contribution in [3.05, 3.63) is 55.2 Å². The van der Waals surface area contributed by atoms with Gasteiger partial charge in [-0.3, -0.25) is 0 Å². The van der Waals surface area contributed by atoms with Gasteiger partial charge in [0.15, 0.2) is 5.65 Å². The number of nitrogens with zero attached hydrogens (tertiary/aromatic N) is 6. The first-order valence-electron chi connectivity index (χ1n) is 11.4. The molecule has 1 atom stereocenters. The van der Waals surface area contributed by atoms with Crippen molar-refractivity contribution in [1.82, 2.24) is 34.4 Å². The van der Waals surface area contributed by atoms with Crippen LogP contribution in [0.2, 0.25) is 0 Å². The summed E-state index contributed by atoms with van der Waals surface area (Å²) in [4.78, 5) is 34.4. The highest BCUT2D eigenvalue weighted by Crippen LogP contribution is 2.32. The molecule has 1 saturated heterocycles. The molecule has 0 spiro atoms. The molecule has 1 fully saturated rings. The lowest BCUT2D eigenvalue weighted by molar-refractivity contribution is 0.122. The average Bonchev–Trinajstić information content (AvgIpc) is 3.52. The van der Waals surface area contributed by atoms with Crippen molar-refractivity contribution in [2.24, 2.45) is 0 Å². The summed E-state index contributed by atoms with van der Waals surface area (Å²) in [5, 5.41) is 9.44. The van der Waals surface area contributed by atoms with Crippen LogP contribution in [-0.2, 0) is 0 Å². The minimum Gasteiger partial charge on any atom is -0.481 e. The number of rotatable bonds is 4. The van der Waals surface area contributed by atoms with Crippen molar-refractivity contribution in [3.8, 4) is 28.3 Å². The molecule has 0 bridgehead atoms. The van der Waals surface area contributed by atoms with E-state index in [1.54, 1.807) is 19.5 Å². The Labute approximate surface area is 200 Å². The molecule has 1 aliphatic rings. The molecule has 6 rings (SSSR count). The molecule has 1 amide bonds. The Morgan fingerprint density at radius 3 is 2.94 bits per heavy atom. The van der Waals surface area contributed by atoms with Crippen LogP contribution in [0.5, 0.6) is 5.88 Å². The Bertz CT molecular complexity index is 1560. The zero-order valence-electron chi connectivity index (χ0n) is 19.0. The van der Waals surface area contributed by atoms with E-state index in [-0.39, 0.29) is 6.04 Å². The monoisotopic (exact) mass is 469 g/mol. The molecule has 176 valence electrons. The Balaban J connectivity index is 1.41. The van der Waals surface area contributed by atoms with Crippen LogP contribution in [0.25, 0.3) is 44.6 Å². The van der Waals surface area contributed by atoms with Crippen LogP contribution in [0.15, 0.2) is 55.2 Å². The van der Waals surface area contributed by atoms with Crippen molar-refractivity contribution in [2.75, 3.05) is 20.2 Å². The number of benzene rings is 1. The highest BCUT2D eigenvalue weighted by molar-refractivity contribution is 5.94. The number of imidazole rings is 1. The summed E-state index contributed by atoms with van der Waals surface area (Å²) >= 11 is 0. The zero-order valence-corrected chi connectivity index (χ0v) is 19.0. The van der Waals surface area contributed by atoms with E-state index in [4.69, 9.17) is 9.72 Å². The number of amides is 1. The lowest BCUT2D eigenvalue weighted by Crippen LogP contribution is -2.39. The van der Waals surface area contributed by atoms with Crippen LogP contribution < -0.4 is 4.74 Å². The fourth-order valence-corrected chi connectivity index (χ4v) is 4.77. The van der Waals surface area contributed by atoms with Crippen molar-refractivity contribution < 1.29 is 14.6 Å². The minimum absolute atomic E-state index is 0.0520. The molecule has 0 radical (unpaired) electrons. The van der Waals surface area contributed by atoms with E-state index in [1.807, 2.05) is 36.8 Å². The van der Waals surface area contributed by atoms with Gasteiger partial charge in [0, 0.05) is 42.7 Å². The quantitative estimate of drug-likeness (QED) is 0.401. The molecule has 1 aromatic carbocycles. The van der Waals surface area contributed by atoms with Gasteiger partial charge in [-0.05, 0) is 36.6 Å². The molecule has 5 heterocycles. The second-order valence-electron chi connectivity index (χ2n) is 8.62. The Kier molecular flexibility index (Phi) is 5.05. The number of carbonyl (C=O) groups is 1. The Morgan fingerprint density at radius 2 is 2.09 bits per heavy atom. The Morgan fingerprint density at radius 1 is 1.17 bits per heavy atom. The number of ether oxygens (including phenoxy) is 1. The molecule has 0 saturated carbocycles. The Hall–Kier alpha value is -4.47. The van der Waals surface area contributed by atoms with E-state index in [9.17, 15) is 9.90 Å². The first-order valence-corrected chi connectivity index (χ1v) is 11.4. The molecule has 0 aliphatic carbocycles. The van der Waals surface area contributed by atoms with Gasteiger partial charge in [0.05, 0.1) is 42.4 Å². The molecule has 35 heavy (non-hydrogen) atoms. The van der Waals surface area contributed by atoms with Crippen LogP contribution >= 0.6 is 0 Å². The predicted octanol–water partition coefficient (Wildman–Crippen LogP) is 4.36. The first-order chi connectivity index (χ1) is 17.1. The topological polar surface area (TPSA) is 122 Å². The van der Waals surface area contributed by atoms with E-state index in [2.05, 4.69) is 30.6 Å². The molecule has 10 nitrogen and oxygen atoms in total. The number of likely N-dealkylation sites (tertiary alicyclic amines) is 1. The fraction of sp³-hybridized carbons (Fsp3) is 0.240. The minimum atomic E-state index is -0.875. The van der Waals surface area contributed by atoms with Gasteiger partial charge in [0.25, 0.3) is 0 Å². The van der Waals surface area contributed by atoms with Gasteiger partial charge in [-0.1, -0.05) is 6.07 Å². The average molecular weight is 470 g/mol. The highest BCUT2D eigenvalue weighted by Gasteiger charge is 2.25. The second-order valence-corrected chi connectivity index (χ2v) is 8.62.